The molecule has 2 aromatic rings. The van der Waals surface area contributed by atoms with E-state index in [0.717, 1.165) is 11.3 Å². The van der Waals surface area contributed by atoms with E-state index in [-0.39, 0.29) is 18.4 Å². The first-order valence-electron chi connectivity index (χ1n) is 8.62. The van der Waals surface area contributed by atoms with E-state index < -0.39 is 0 Å². The molecule has 2 amide bonds. The summed E-state index contributed by atoms with van der Waals surface area (Å²) in [5, 5.41) is 5.36. The van der Waals surface area contributed by atoms with Crippen LogP contribution in [0.25, 0.3) is 0 Å². The number of benzene rings is 2. The first kappa shape index (κ1) is 18.3. The summed E-state index contributed by atoms with van der Waals surface area (Å²) in [5.74, 6) is 0.615. The van der Waals surface area contributed by atoms with Crippen LogP contribution in [-0.4, -0.2) is 31.2 Å². The number of anilines is 1. The Morgan fingerprint density at radius 1 is 1.08 bits per heavy atom. The number of amides is 2. The summed E-state index contributed by atoms with van der Waals surface area (Å²) in [5.41, 5.74) is 3.50. The maximum Gasteiger partial charge on any atom is 0.257 e. The lowest BCUT2D eigenvalue weighted by Gasteiger charge is -2.09. The average Bonchev–Trinajstić information content (AvgIpc) is 3.12. The molecule has 0 unspecified atom stereocenters. The zero-order chi connectivity index (χ0) is 18.4. The van der Waals surface area contributed by atoms with E-state index in [2.05, 4.69) is 28.8 Å². The molecule has 0 aliphatic heterocycles. The van der Waals surface area contributed by atoms with Crippen molar-refractivity contribution in [3.05, 3.63) is 53.6 Å². The van der Waals surface area contributed by atoms with E-state index in [1.165, 1.54) is 35.7 Å². The molecule has 5 nitrogen and oxygen atoms in total. The van der Waals surface area contributed by atoms with Gasteiger partial charge in [0.05, 0.1) is 5.75 Å². The third kappa shape index (κ3) is 5.02. The van der Waals surface area contributed by atoms with E-state index >= 15 is 0 Å². The number of carbonyl (C=O) groups excluding carboxylic acids is 2. The Kier molecular flexibility index (Phi) is 6.17. The maximum atomic E-state index is 12.2. The first-order valence-corrected chi connectivity index (χ1v) is 9.60. The van der Waals surface area contributed by atoms with Crippen LogP contribution in [0, 0.1) is 0 Å². The van der Waals surface area contributed by atoms with Crippen LogP contribution >= 0.6 is 11.8 Å². The molecule has 1 aliphatic rings. The van der Waals surface area contributed by atoms with Gasteiger partial charge < -0.3 is 15.4 Å². The Hall–Kier alpha value is -2.47. The Morgan fingerprint density at radius 2 is 1.92 bits per heavy atom. The van der Waals surface area contributed by atoms with Gasteiger partial charge >= 0.3 is 0 Å². The van der Waals surface area contributed by atoms with E-state index in [1.807, 2.05) is 0 Å². The molecule has 136 valence electrons. The number of carbonyl (C=O) groups is 2. The highest BCUT2D eigenvalue weighted by molar-refractivity contribution is 8.00. The molecule has 0 radical (unpaired) electrons. The van der Waals surface area contributed by atoms with Crippen LogP contribution in [0.4, 0.5) is 5.69 Å². The molecule has 0 saturated heterocycles. The second-order valence-corrected chi connectivity index (χ2v) is 7.16. The quantitative estimate of drug-likeness (QED) is 0.735. The van der Waals surface area contributed by atoms with Gasteiger partial charge in [-0.05, 0) is 54.7 Å². The van der Waals surface area contributed by atoms with Gasteiger partial charge in [-0.15, -0.1) is 11.8 Å². The number of thioether (sulfide) groups is 1. The van der Waals surface area contributed by atoms with Crippen molar-refractivity contribution in [3.8, 4) is 5.75 Å². The molecule has 2 aromatic carbocycles. The molecular formula is C20H22N2O3S. The summed E-state index contributed by atoms with van der Waals surface area (Å²) in [4.78, 5) is 24.6. The van der Waals surface area contributed by atoms with Gasteiger partial charge in [-0.3, -0.25) is 9.59 Å². The van der Waals surface area contributed by atoms with Gasteiger partial charge in [0.15, 0.2) is 6.61 Å². The number of nitrogens with one attached hydrogen (secondary N) is 2. The van der Waals surface area contributed by atoms with Crippen LogP contribution in [0.15, 0.2) is 47.4 Å². The summed E-state index contributed by atoms with van der Waals surface area (Å²) in [7, 11) is 1.56. The van der Waals surface area contributed by atoms with Crippen molar-refractivity contribution in [1.82, 2.24) is 5.32 Å². The molecule has 2 N–H and O–H groups in total. The second-order valence-electron chi connectivity index (χ2n) is 6.11. The SMILES string of the molecule is CNC(=O)COc1cccc(NC(=O)CSc2ccc3c(c2)CCC3)c1. The lowest BCUT2D eigenvalue weighted by Crippen LogP contribution is -2.24. The highest BCUT2D eigenvalue weighted by Gasteiger charge is 2.12. The third-order valence-electron chi connectivity index (χ3n) is 4.21. The minimum atomic E-state index is -0.204. The van der Waals surface area contributed by atoms with Crippen LogP contribution in [0.3, 0.4) is 0 Å². The Labute approximate surface area is 157 Å². The summed E-state index contributed by atoms with van der Waals surface area (Å²) in [6.45, 7) is -0.0535. The van der Waals surface area contributed by atoms with E-state index in [4.69, 9.17) is 4.74 Å². The second kappa shape index (κ2) is 8.76. The summed E-state index contributed by atoms with van der Waals surface area (Å²) >= 11 is 1.54. The van der Waals surface area contributed by atoms with Gasteiger partial charge in [0.25, 0.3) is 5.91 Å². The molecule has 0 atom stereocenters. The Balaban J connectivity index is 1.51. The fourth-order valence-electron chi connectivity index (χ4n) is 2.87. The number of fused-ring (bicyclic) bond motifs is 1. The minimum absolute atomic E-state index is 0.0535. The largest absolute Gasteiger partial charge is 0.484 e. The van der Waals surface area contributed by atoms with Crippen LogP contribution in [-0.2, 0) is 22.4 Å². The molecule has 3 rings (SSSR count). The van der Waals surface area contributed by atoms with Crippen LogP contribution in [0.1, 0.15) is 17.5 Å². The molecule has 0 aromatic heterocycles. The number of hydrogen-bond donors (Lipinski definition) is 2. The summed E-state index contributed by atoms with van der Waals surface area (Å²) < 4.78 is 5.38. The average molecular weight is 370 g/mol. The monoisotopic (exact) mass is 370 g/mol. The van der Waals surface area contributed by atoms with Crippen molar-refractivity contribution in [2.24, 2.45) is 0 Å². The normalized spacial score (nSPS) is 12.3. The topological polar surface area (TPSA) is 67.4 Å². The summed E-state index contributed by atoms with van der Waals surface area (Å²) in [6, 6.07) is 13.5. The van der Waals surface area contributed by atoms with Gasteiger partial charge in [-0.1, -0.05) is 12.1 Å². The van der Waals surface area contributed by atoms with Crippen LogP contribution < -0.4 is 15.4 Å². The Morgan fingerprint density at radius 3 is 2.77 bits per heavy atom. The predicted molar refractivity (Wildman–Crippen MR) is 104 cm³/mol. The van der Waals surface area contributed by atoms with Crippen molar-refractivity contribution in [2.75, 3.05) is 24.7 Å². The third-order valence-corrected chi connectivity index (χ3v) is 5.20. The van der Waals surface area contributed by atoms with Crippen molar-refractivity contribution in [1.29, 1.82) is 0 Å². The zero-order valence-electron chi connectivity index (χ0n) is 14.7. The van der Waals surface area contributed by atoms with Gasteiger partial charge in [-0.2, -0.15) is 0 Å². The van der Waals surface area contributed by atoms with Crippen LogP contribution in [0.2, 0.25) is 0 Å². The molecule has 0 fully saturated rings. The number of aryl methyl sites for hydroxylation is 2. The lowest BCUT2D eigenvalue weighted by molar-refractivity contribution is -0.122. The maximum absolute atomic E-state index is 12.2. The van der Waals surface area contributed by atoms with E-state index in [1.54, 1.807) is 31.3 Å². The van der Waals surface area contributed by atoms with Crippen molar-refractivity contribution in [3.63, 3.8) is 0 Å². The lowest BCUT2D eigenvalue weighted by atomic mass is 10.1. The minimum Gasteiger partial charge on any atom is -0.484 e. The van der Waals surface area contributed by atoms with Crippen molar-refractivity contribution < 1.29 is 14.3 Å². The number of ether oxygens (including phenoxy) is 1. The molecule has 0 bridgehead atoms. The van der Waals surface area contributed by atoms with Gasteiger partial charge in [0.2, 0.25) is 5.91 Å². The zero-order valence-corrected chi connectivity index (χ0v) is 15.5. The van der Waals surface area contributed by atoms with Gasteiger partial charge in [-0.25, -0.2) is 0 Å². The fraction of sp³-hybridized carbons (Fsp3) is 0.300. The van der Waals surface area contributed by atoms with Crippen molar-refractivity contribution >= 4 is 29.3 Å². The van der Waals surface area contributed by atoms with Crippen LogP contribution in [0.5, 0.6) is 5.75 Å². The fourth-order valence-corrected chi connectivity index (χ4v) is 3.63. The Bertz CT molecular complexity index is 807. The number of rotatable bonds is 7. The predicted octanol–water partition coefficient (Wildman–Crippen LogP) is 3.03. The van der Waals surface area contributed by atoms with Gasteiger partial charge in [0.1, 0.15) is 5.75 Å². The van der Waals surface area contributed by atoms with E-state index in [0.29, 0.717) is 17.2 Å². The molecule has 0 heterocycles. The molecular weight excluding hydrogens is 348 g/mol. The highest BCUT2D eigenvalue weighted by atomic mass is 32.2. The number of likely N-dealkylation sites (N-methyl/N-ethyl adjacent to an activating group) is 1. The first-order chi connectivity index (χ1) is 12.6. The molecule has 26 heavy (non-hydrogen) atoms. The molecule has 0 saturated carbocycles. The number of hydrogen-bond acceptors (Lipinski definition) is 4. The van der Waals surface area contributed by atoms with E-state index in [9.17, 15) is 9.59 Å². The standard InChI is InChI=1S/C20H22N2O3S/c1-21-19(23)12-25-17-7-3-6-16(11-17)22-20(24)13-26-18-9-8-14-4-2-5-15(14)10-18/h3,6-11H,2,4-5,12-13H2,1H3,(H,21,23)(H,22,24). The highest BCUT2D eigenvalue weighted by Crippen LogP contribution is 2.27. The summed E-state index contributed by atoms with van der Waals surface area (Å²) in [6.07, 6.45) is 3.53. The molecule has 6 heteroatoms. The molecule has 0 spiro atoms. The molecule has 1 aliphatic carbocycles. The van der Waals surface area contributed by atoms with Gasteiger partial charge in [0, 0.05) is 23.7 Å². The van der Waals surface area contributed by atoms with Crippen molar-refractivity contribution in [2.45, 2.75) is 24.2 Å². The smallest absolute Gasteiger partial charge is 0.257 e.